The minimum absolute atomic E-state index is 0.134. The smallest absolute Gasteiger partial charge is 0.0615 e. The van der Waals surface area contributed by atoms with Crippen LogP contribution in [-0.2, 0) is 0 Å². The first-order chi connectivity index (χ1) is 4.31. The average Bonchev–Trinajstić information content (AvgIpc) is 1.85. The Hall–Kier alpha value is -0.560. The lowest BCUT2D eigenvalue weighted by Crippen LogP contribution is -1.72. The van der Waals surface area contributed by atoms with Gasteiger partial charge in [-0.3, -0.25) is 0 Å². The SMILES string of the molecule is CCC=C(C)C=CCO. The van der Waals surface area contributed by atoms with Crippen molar-refractivity contribution in [1.29, 1.82) is 0 Å². The summed E-state index contributed by atoms with van der Waals surface area (Å²) in [6, 6.07) is 0. The van der Waals surface area contributed by atoms with Crippen LogP contribution in [0.3, 0.4) is 0 Å². The first-order valence-corrected chi connectivity index (χ1v) is 3.25. The highest BCUT2D eigenvalue weighted by Gasteiger charge is 1.76. The van der Waals surface area contributed by atoms with Gasteiger partial charge in [-0.2, -0.15) is 0 Å². The molecular weight excluding hydrogens is 112 g/mol. The Morgan fingerprint density at radius 2 is 2.22 bits per heavy atom. The van der Waals surface area contributed by atoms with E-state index in [0.717, 1.165) is 6.42 Å². The molecule has 0 aromatic heterocycles. The molecule has 0 heterocycles. The number of aliphatic hydroxyl groups is 1. The van der Waals surface area contributed by atoms with Gasteiger partial charge in [0, 0.05) is 0 Å². The molecule has 0 saturated heterocycles. The molecule has 0 aliphatic heterocycles. The zero-order valence-corrected chi connectivity index (χ0v) is 6.09. The summed E-state index contributed by atoms with van der Waals surface area (Å²) in [4.78, 5) is 0. The van der Waals surface area contributed by atoms with E-state index in [2.05, 4.69) is 13.0 Å². The third-order valence-electron chi connectivity index (χ3n) is 1.01. The molecule has 52 valence electrons. The lowest BCUT2D eigenvalue weighted by molar-refractivity contribution is 0.342. The average molecular weight is 126 g/mol. The van der Waals surface area contributed by atoms with Crippen molar-refractivity contribution in [3.63, 3.8) is 0 Å². The van der Waals surface area contributed by atoms with Crippen molar-refractivity contribution in [1.82, 2.24) is 0 Å². The Labute approximate surface area is 56.7 Å². The highest BCUT2D eigenvalue weighted by molar-refractivity contribution is 5.15. The maximum Gasteiger partial charge on any atom is 0.0615 e. The van der Waals surface area contributed by atoms with Crippen LogP contribution in [0.2, 0.25) is 0 Å². The van der Waals surface area contributed by atoms with Crippen molar-refractivity contribution in [2.45, 2.75) is 20.3 Å². The first-order valence-electron chi connectivity index (χ1n) is 3.25. The van der Waals surface area contributed by atoms with Crippen LogP contribution in [0.15, 0.2) is 23.8 Å². The minimum atomic E-state index is 0.134. The van der Waals surface area contributed by atoms with E-state index in [0.29, 0.717) is 0 Å². The maximum atomic E-state index is 8.37. The molecule has 0 fully saturated rings. The molecule has 0 aromatic rings. The number of allylic oxidation sites excluding steroid dienone is 3. The van der Waals surface area contributed by atoms with Crippen LogP contribution in [0, 0.1) is 0 Å². The quantitative estimate of drug-likeness (QED) is 0.572. The Morgan fingerprint density at radius 3 is 2.67 bits per heavy atom. The van der Waals surface area contributed by atoms with E-state index in [1.165, 1.54) is 5.57 Å². The summed E-state index contributed by atoms with van der Waals surface area (Å²) < 4.78 is 0. The molecule has 1 heteroatoms. The topological polar surface area (TPSA) is 20.2 Å². The largest absolute Gasteiger partial charge is 0.392 e. The van der Waals surface area contributed by atoms with Gasteiger partial charge < -0.3 is 5.11 Å². The third kappa shape index (κ3) is 5.31. The van der Waals surface area contributed by atoms with E-state index in [9.17, 15) is 0 Å². The van der Waals surface area contributed by atoms with Gasteiger partial charge in [-0.15, -0.1) is 0 Å². The molecule has 9 heavy (non-hydrogen) atoms. The summed E-state index contributed by atoms with van der Waals surface area (Å²) in [6.45, 7) is 4.25. The van der Waals surface area contributed by atoms with E-state index in [4.69, 9.17) is 5.11 Å². The van der Waals surface area contributed by atoms with Gasteiger partial charge in [-0.1, -0.05) is 30.7 Å². The fourth-order valence-corrected chi connectivity index (χ4v) is 0.629. The van der Waals surface area contributed by atoms with Gasteiger partial charge >= 0.3 is 0 Å². The van der Waals surface area contributed by atoms with Gasteiger partial charge in [0.15, 0.2) is 0 Å². The van der Waals surface area contributed by atoms with Crippen LogP contribution in [0.25, 0.3) is 0 Å². The van der Waals surface area contributed by atoms with E-state index in [1.54, 1.807) is 6.08 Å². The molecule has 0 unspecified atom stereocenters. The Kier molecular flexibility index (Phi) is 5.23. The summed E-state index contributed by atoms with van der Waals surface area (Å²) in [6.07, 6.45) is 6.83. The molecule has 0 aliphatic rings. The fraction of sp³-hybridized carbons (Fsp3) is 0.500. The lowest BCUT2D eigenvalue weighted by Gasteiger charge is -1.87. The van der Waals surface area contributed by atoms with E-state index in [1.807, 2.05) is 13.0 Å². The van der Waals surface area contributed by atoms with Gasteiger partial charge in [0.25, 0.3) is 0 Å². The Bertz CT molecular complexity index is 112. The van der Waals surface area contributed by atoms with Crippen LogP contribution in [0.1, 0.15) is 20.3 Å². The number of rotatable bonds is 3. The molecule has 0 bridgehead atoms. The molecule has 0 radical (unpaired) electrons. The standard InChI is InChI=1S/C8H14O/c1-3-5-8(2)6-4-7-9/h4-6,9H,3,7H2,1-2H3. The van der Waals surface area contributed by atoms with Crippen LogP contribution in [0.4, 0.5) is 0 Å². The van der Waals surface area contributed by atoms with Crippen molar-refractivity contribution in [2.24, 2.45) is 0 Å². The second kappa shape index (κ2) is 5.57. The second-order valence-electron chi connectivity index (χ2n) is 1.94. The second-order valence-corrected chi connectivity index (χ2v) is 1.94. The molecule has 1 nitrogen and oxygen atoms in total. The molecule has 0 aliphatic carbocycles. The van der Waals surface area contributed by atoms with Crippen molar-refractivity contribution in [2.75, 3.05) is 6.61 Å². The Morgan fingerprint density at radius 1 is 1.56 bits per heavy atom. The predicted molar refractivity (Wildman–Crippen MR) is 40.3 cm³/mol. The molecule has 0 saturated carbocycles. The molecular formula is C8H14O. The number of hydrogen-bond donors (Lipinski definition) is 1. The Balaban J connectivity index is 3.60. The van der Waals surface area contributed by atoms with Crippen molar-refractivity contribution in [3.05, 3.63) is 23.8 Å². The van der Waals surface area contributed by atoms with Gasteiger partial charge in [0.05, 0.1) is 6.61 Å². The fourth-order valence-electron chi connectivity index (χ4n) is 0.629. The normalized spacial score (nSPS) is 13.0. The summed E-state index contributed by atoms with van der Waals surface area (Å²) in [5, 5.41) is 8.37. The van der Waals surface area contributed by atoms with E-state index >= 15 is 0 Å². The number of aliphatic hydroxyl groups excluding tert-OH is 1. The van der Waals surface area contributed by atoms with Crippen LogP contribution < -0.4 is 0 Å². The molecule has 0 rings (SSSR count). The van der Waals surface area contributed by atoms with Crippen LogP contribution >= 0.6 is 0 Å². The van der Waals surface area contributed by atoms with Crippen LogP contribution in [0.5, 0.6) is 0 Å². The molecule has 1 N–H and O–H groups in total. The van der Waals surface area contributed by atoms with Crippen molar-refractivity contribution in [3.8, 4) is 0 Å². The molecule has 0 aromatic carbocycles. The van der Waals surface area contributed by atoms with Gasteiger partial charge in [-0.05, 0) is 13.3 Å². The van der Waals surface area contributed by atoms with Crippen molar-refractivity contribution >= 4 is 0 Å². The summed E-state index contributed by atoms with van der Waals surface area (Å²) in [7, 11) is 0. The lowest BCUT2D eigenvalue weighted by atomic mass is 10.2. The monoisotopic (exact) mass is 126 g/mol. The zero-order chi connectivity index (χ0) is 7.11. The summed E-state index contributed by atoms with van der Waals surface area (Å²) in [5.41, 5.74) is 1.21. The third-order valence-corrected chi connectivity index (χ3v) is 1.01. The highest BCUT2D eigenvalue weighted by atomic mass is 16.2. The summed E-state index contributed by atoms with van der Waals surface area (Å²) in [5.74, 6) is 0. The minimum Gasteiger partial charge on any atom is -0.392 e. The van der Waals surface area contributed by atoms with Gasteiger partial charge in [0.2, 0.25) is 0 Å². The summed E-state index contributed by atoms with van der Waals surface area (Å²) >= 11 is 0. The van der Waals surface area contributed by atoms with Gasteiger partial charge in [0.1, 0.15) is 0 Å². The van der Waals surface area contributed by atoms with E-state index in [-0.39, 0.29) is 6.61 Å². The van der Waals surface area contributed by atoms with E-state index < -0.39 is 0 Å². The predicted octanol–water partition coefficient (Wildman–Crippen LogP) is 1.89. The zero-order valence-electron chi connectivity index (χ0n) is 6.09. The van der Waals surface area contributed by atoms with Gasteiger partial charge in [-0.25, -0.2) is 0 Å². The first kappa shape index (κ1) is 8.44. The number of hydrogen-bond acceptors (Lipinski definition) is 1. The molecule has 0 atom stereocenters. The van der Waals surface area contributed by atoms with Crippen molar-refractivity contribution < 1.29 is 5.11 Å². The molecule has 0 amide bonds. The van der Waals surface area contributed by atoms with Crippen LogP contribution in [-0.4, -0.2) is 11.7 Å². The molecule has 0 spiro atoms. The maximum absolute atomic E-state index is 8.37. The highest BCUT2D eigenvalue weighted by Crippen LogP contribution is 1.95.